The second-order valence-corrected chi connectivity index (χ2v) is 12.7. The van der Waals surface area contributed by atoms with Gasteiger partial charge in [0, 0.05) is 36.0 Å². The summed E-state index contributed by atoms with van der Waals surface area (Å²) < 4.78 is 26.7. The highest BCUT2D eigenvalue weighted by molar-refractivity contribution is 9.10. The van der Waals surface area contributed by atoms with E-state index >= 15 is 0 Å². The Bertz CT molecular complexity index is 1870. The van der Waals surface area contributed by atoms with E-state index in [1.54, 1.807) is 12.1 Å². The van der Waals surface area contributed by atoms with Crippen LogP contribution in [0.3, 0.4) is 0 Å². The molecular weight excluding hydrogens is 685 g/mol. The lowest BCUT2D eigenvalue weighted by Gasteiger charge is -2.31. The Kier molecular flexibility index (Phi) is 11.1. The smallest absolute Gasteiger partial charge is 0.266 e. The molecule has 0 saturated heterocycles. The highest BCUT2D eigenvalue weighted by atomic mass is 79.9. The van der Waals surface area contributed by atoms with Gasteiger partial charge in [0.15, 0.2) is 11.6 Å². The molecule has 0 unspecified atom stereocenters. The SMILES string of the molecule is O=C(NNCCc1ccc(F)cc1)[C@@]1(Cc2ccccc2Br)N=C(c2ccc(OCCCO)cc2)O[C@H]1c1ccc(-c2ccccc2)cc1. The van der Waals surface area contributed by atoms with Crippen LogP contribution in [-0.4, -0.2) is 42.2 Å². The van der Waals surface area contributed by atoms with Crippen LogP contribution in [0.4, 0.5) is 4.39 Å². The monoisotopic (exact) mass is 721 g/mol. The van der Waals surface area contributed by atoms with Gasteiger partial charge in [-0.25, -0.2) is 14.8 Å². The summed E-state index contributed by atoms with van der Waals surface area (Å²) in [5.41, 5.74) is 10.1. The van der Waals surface area contributed by atoms with Crippen LogP contribution in [0, 0.1) is 5.82 Å². The van der Waals surface area contributed by atoms with E-state index in [1.165, 1.54) is 12.1 Å². The van der Waals surface area contributed by atoms with Crippen LogP contribution in [0.15, 0.2) is 137 Å². The zero-order chi connectivity index (χ0) is 34.1. The molecule has 2 atom stereocenters. The number of aliphatic hydroxyl groups is 1. The van der Waals surface area contributed by atoms with E-state index in [1.807, 2.05) is 91.0 Å². The van der Waals surface area contributed by atoms with Gasteiger partial charge in [-0.05, 0) is 76.7 Å². The molecule has 0 fully saturated rings. The lowest BCUT2D eigenvalue weighted by Crippen LogP contribution is -2.54. The Hall–Kier alpha value is -4.83. The van der Waals surface area contributed by atoms with Crippen LogP contribution in [-0.2, 0) is 22.4 Å². The number of hydrazine groups is 1. The molecule has 5 aromatic rings. The van der Waals surface area contributed by atoms with Crippen LogP contribution in [0.5, 0.6) is 5.75 Å². The summed E-state index contributed by atoms with van der Waals surface area (Å²) in [4.78, 5) is 19.6. The Morgan fingerprint density at radius 3 is 2.24 bits per heavy atom. The van der Waals surface area contributed by atoms with Crippen LogP contribution in [0.1, 0.15) is 34.8 Å². The summed E-state index contributed by atoms with van der Waals surface area (Å²) >= 11 is 3.68. The third kappa shape index (κ3) is 8.25. The number of carbonyl (C=O) groups is 1. The maximum absolute atomic E-state index is 14.5. The van der Waals surface area contributed by atoms with Gasteiger partial charge < -0.3 is 14.6 Å². The third-order valence-electron chi connectivity index (χ3n) is 8.42. The summed E-state index contributed by atoms with van der Waals surface area (Å²) in [6.45, 7) is 0.880. The third-order valence-corrected chi connectivity index (χ3v) is 9.20. The number of rotatable bonds is 14. The zero-order valence-corrected chi connectivity index (χ0v) is 28.4. The predicted molar refractivity (Wildman–Crippen MR) is 193 cm³/mol. The molecule has 6 rings (SSSR count). The number of nitrogens with zero attached hydrogens (tertiary/aromatic N) is 1. The predicted octanol–water partition coefficient (Wildman–Crippen LogP) is 7.38. The molecule has 1 aliphatic rings. The minimum Gasteiger partial charge on any atom is -0.494 e. The van der Waals surface area contributed by atoms with Crippen molar-refractivity contribution in [2.24, 2.45) is 4.99 Å². The summed E-state index contributed by atoms with van der Waals surface area (Å²) in [5.74, 6) is 0.359. The molecule has 0 saturated carbocycles. The maximum Gasteiger partial charge on any atom is 0.266 e. The summed E-state index contributed by atoms with van der Waals surface area (Å²) in [7, 11) is 0. The average molecular weight is 723 g/mol. The molecule has 7 nitrogen and oxygen atoms in total. The van der Waals surface area contributed by atoms with Crippen molar-refractivity contribution in [3.63, 3.8) is 0 Å². The van der Waals surface area contributed by atoms with E-state index in [-0.39, 0.29) is 24.8 Å². The van der Waals surface area contributed by atoms with E-state index < -0.39 is 11.6 Å². The Morgan fingerprint density at radius 2 is 1.53 bits per heavy atom. The second kappa shape index (κ2) is 16.0. The molecule has 5 aromatic carbocycles. The number of aliphatic hydroxyl groups excluding tert-OH is 1. The van der Waals surface area contributed by atoms with Crippen LogP contribution in [0.2, 0.25) is 0 Å². The van der Waals surface area contributed by atoms with E-state index in [9.17, 15) is 9.18 Å². The molecule has 0 bridgehead atoms. The fraction of sp³-hybridized carbons (Fsp3) is 0.200. The first kappa shape index (κ1) is 34.0. The minimum absolute atomic E-state index is 0.0548. The summed E-state index contributed by atoms with van der Waals surface area (Å²) in [6.07, 6.45) is 0.600. The van der Waals surface area contributed by atoms with Crippen molar-refractivity contribution < 1.29 is 23.8 Å². The molecule has 0 radical (unpaired) electrons. The molecule has 1 heterocycles. The number of nitrogens with one attached hydrogen (secondary N) is 2. The first-order valence-corrected chi connectivity index (χ1v) is 17.0. The van der Waals surface area contributed by atoms with Gasteiger partial charge in [-0.2, -0.15) is 0 Å². The van der Waals surface area contributed by atoms with E-state index in [4.69, 9.17) is 19.6 Å². The minimum atomic E-state index is -1.40. The number of hydrogen-bond acceptors (Lipinski definition) is 6. The number of benzene rings is 5. The highest BCUT2D eigenvalue weighted by Crippen LogP contribution is 2.43. The van der Waals surface area contributed by atoms with Crippen molar-refractivity contribution in [1.29, 1.82) is 0 Å². The molecule has 3 N–H and O–H groups in total. The number of hydrogen-bond donors (Lipinski definition) is 3. The molecule has 0 aromatic heterocycles. The van der Waals surface area contributed by atoms with Gasteiger partial charge in [-0.15, -0.1) is 0 Å². The molecule has 1 aliphatic heterocycles. The van der Waals surface area contributed by atoms with Gasteiger partial charge in [0.05, 0.1) is 6.61 Å². The van der Waals surface area contributed by atoms with Gasteiger partial charge in [-0.3, -0.25) is 10.2 Å². The largest absolute Gasteiger partial charge is 0.494 e. The molecule has 0 aliphatic carbocycles. The molecule has 0 spiro atoms. The Morgan fingerprint density at radius 1 is 0.857 bits per heavy atom. The topological polar surface area (TPSA) is 92.2 Å². The quantitative estimate of drug-likeness (QED) is 0.0823. The van der Waals surface area contributed by atoms with Crippen molar-refractivity contribution in [2.75, 3.05) is 19.8 Å². The fourth-order valence-electron chi connectivity index (χ4n) is 5.80. The van der Waals surface area contributed by atoms with Gasteiger partial charge >= 0.3 is 0 Å². The average Bonchev–Trinajstić information content (AvgIpc) is 3.53. The van der Waals surface area contributed by atoms with Crippen molar-refractivity contribution in [3.05, 3.63) is 160 Å². The van der Waals surface area contributed by atoms with Crippen molar-refractivity contribution in [1.82, 2.24) is 10.9 Å². The number of ether oxygens (including phenoxy) is 2. The van der Waals surface area contributed by atoms with Gasteiger partial charge in [0.2, 0.25) is 5.90 Å². The molecule has 9 heteroatoms. The summed E-state index contributed by atoms with van der Waals surface area (Å²) in [5, 5.41) is 9.11. The van der Waals surface area contributed by atoms with E-state index in [2.05, 4.69) is 38.9 Å². The Labute approximate surface area is 293 Å². The van der Waals surface area contributed by atoms with Gasteiger partial charge in [-0.1, -0.05) is 101 Å². The maximum atomic E-state index is 14.5. The zero-order valence-electron chi connectivity index (χ0n) is 26.8. The lowest BCUT2D eigenvalue weighted by atomic mass is 9.82. The molecule has 250 valence electrons. The Balaban J connectivity index is 1.35. The highest BCUT2D eigenvalue weighted by Gasteiger charge is 2.53. The van der Waals surface area contributed by atoms with Gasteiger partial charge in [0.1, 0.15) is 11.6 Å². The number of amides is 1. The fourth-order valence-corrected chi connectivity index (χ4v) is 6.23. The normalized spacial score (nSPS) is 16.9. The van der Waals surface area contributed by atoms with Crippen molar-refractivity contribution in [3.8, 4) is 16.9 Å². The van der Waals surface area contributed by atoms with Crippen LogP contribution >= 0.6 is 15.9 Å². The number of aliphatic imine (C=N–C) groups is 1. The number of halogens is 2. The standard InChI is InChI=1S/C40H37BrFN3O4/c41-36-10-5-4-9-33(36)27-40(39(47)45-43-24-23-28-11-19-34(42)20-12-28)37(31-15-13-30(14-16-31)29-7-2-1-3-8-29)49-38(44-40)32-17-21-35(22-18-32)48-26-6-25-46/h1-5,7-22,37,43,46H,6,23-27H2,(H,45,47)/t37-,40-/m0/s1. The van der Waals surface area contributed by atoms with Gasteiger partial charge in [0.25, 0.3) is 5.91 Å². The van der Waals surface area contributed by atoms with E-state index in [0.717, 1.165) is 32.3 Å². The summed E-state index contributed by atoms with van der Waals surface area (Å²) in [6, 6.07) is 39.6. The number of carbonyl (C=O) groups excluding carboxylic acids is 1. The first-order chi connectivity index (χ1) is 23.9. The molecular formula is C40H37BrFN3O4. The molecule has 49 heavy (non-hydrogen) atoms. The van der Waals surface area contributed by atoms with Crippen LogP contribution in [0.25, 0.3) is 11.1 Å². The first-order valence-electron chi connectivity index (χ1n) is 16.2. The molecule has 1 amide bonds. The van der Waals surface area contributed by atoms with E-state index in [0.29, 0.717) is 43.2 Å². The lowest BCUT2D eigenvalue weighted by molar-refractivity contribution is -0.130. The van der Waals surface area contributed by atoms with Crippen LogP contribution < -0.4 is 15.6 Å². The van der Waals surface area contributed by atoms with Crippen molar-refractivity contribution >= 4 is 27.7 Å². The second-order valence-electron chi connectivity index (χ2n) is 11.8. The van der Waals surface area contributed by atoms with Crippen molar-refractivity contribution in [2.45, 2.75) is 30.9 Å².